The second kappa shape index (κ2) is 7.33. The summed E-state index contributed by atoms with van der Waals surface area (Å²) in [5.41, 5.74) is 0.286. The first-order valence-electron chi connectivity index (χ1n) is 8.11. The van der Waals surface area contributed by atoms with Gasteiger partial charge < -0.3 is 4.98 Å². The molecule has 3 aromatic rings. The Kier molecular flexibility index (Phi) is 5.19. The van der Waals surface area contributed by atoms with Gasteiger partial charge in [-0.25, -0.2) is 31.0 Å². The van der Waals surface area contributed by atoms with Crippen LogP contribution in [0.25, 0.3) is 22.5 Å². The van der Waals surface area contributed by atoms with Crippen molar-refractivity contribution in [3.8, 4) is 28.6 Å². The molecular weight excluding hydrogens is 410 g/mol. The Balaban J connectivity index is 2.29. The minimum atomic E-state index is -4.04. The van der Waals surface area contributed by atoms with E-state index >= 15 is 0 Å². The predicted octanol–water partition coefficient (Wildman–Crippen LogP) is 4.54. The fraction of sp³-hybridized carbons (Fsp3) is 0.158. The van der Waals surface area contributed by atoms with Gasteiger partial charge in [0.25, 0.3) is 6.43 Å². The Morgan fingerprint density at radius 3 is 2.41 bits per heavy atom. The molecule has 0 aliphatic rings. The van der Waals surface area contributed by atoms with E-state index in [-0.39, 0.29) is 22.5 Å². The lowest BCUT2D eigenvalue weighted by Gasteiger charge is -2.08. The fourth-order valence-corrected chi connectivity index (χ4v) is 3.52. The van der Waals surface area contributed by atoms with E-state index in [1.54, 1.807) is 13.0 Å². The zero-order valence-electron chi connectivity index (χ0n) is 15.1. The van der Waals surface area contributed by atoms with Crippen molar-refractivity contribution in [3.05, 3.63) is 58.9 Å². The highest BCUT2D eigenvalue weighted by molar-refractivity contribution is 7.90. The minimum Gasteiger partial charge on any atom is -0.337 e. The highest BCUT2D eigenvalue weighted by Crippen LogP contribution is 2.36. The molecule has 0 saturated carbocycles. The van der Waals surface area contributed by atoms with Crippen LogP contribution in [0.15, 0.2) is 35.2 Å². The Morgan fingerprint density at radius 2 is 1.83 bits per heavy atom. The minimum absolute atomic E-state index is 0.0535. The van der Waals surface area contributed by atoms with Crippen molar-refractivity contribution in [1.29, 1.82) is 5.26 Å². The molecule has 0 aliphatic carbocycles. The first-order chi connectivity index (χ1) is 13.5. The van der Waals surface area contributed by atoms with Gasteiger partial charge in [-0.2, -0.15) is 5.26 Å². The quantitative estimate of drug-likeness (QED) is 0.624. The summed E-state index contributed by atoms with van der Waals surface area (Å²) < 4.78 is 78.5. The van der Waals surface area contributed by atoms with Crippen LogP contribution in [0.3, 0.4) is 0 Å². The maximum atomic E-state index is 14.6. The summed E-state index contributed by atoms with van der Waals surface area (Å²) in [4.78, 5) is 5.21. The van der Waals surface area contributed by atoms with Crippen molar-refractivity contribution in [2.24, 2.45) is 0 Å². The van der Waals surface area contributed by atoms with Gasteiger partial charge in [0.15, 0.2) is 15.7 Å². The second-order valence-electron chi connectivity index (χ2n) is 6.32. The van der Waals surface area contributed by atoms with Gasteiger partial charge in [-0.05, 0) is 30.7 Å². The number of hydrogen-bond donors (Lipinski definition) is 1. The summed E-state index contributed by atoms with van der Waals surface area (Å²) >= 11 is 0. The molecule has 0 fully saturated rings. The highest BCUT2D eigenvalue weighted by atomic mass is 32.2. The zero-order valence-corrected chi connectivity index (χ0v) is 15.9. The Hall–Kier alpha value is -3.19. The molecule has 0 atom stereocenters. The van der Waals surface area contributed by atoms with Crippen LogP contribution in [0, 0.1) is 29.9 Å². The number of imidazole rings is 1. The molecule has 0 radical (unpaired) electrons. The van der Waals surface area contributed by atoms with Crippen molar-refractivity contribution < 1.29 is 26.0 Å². The third kappa shape index (κ3) is 3.86. The van der Waals surface area contributed by atoms with Crippen molar-refractivity contribution in [3.63, 3.8) is 0 Å². The zero-order chi connectivity index (χ0) is 21.5. The smallest absolute Gasteiger partial charge is 0.295 e. The van der Waals surface area contributed by atoms with Gasteiger partial charge in [0.05, 0.1) is 23.0 Å². The van der Waals surface area contributed by atoms with Gasteiger partial charge in [0.2, 0.25) is 0 Å². The standard InChI is InChI=1S/C19H13F4N3O2S/c1-9-3-4-10(5-11(9)8-24)16-17(26-19(25-16)18(22)23)12-6-14(21)15(7-13(12)20)29(2,27)28/h3-7,18H,1-2H3,(H,25,26). The van der Waals surface area contributed by atoms with E-state index in [2.05, 4.69) is 9.97 Å². The number of hydrogen-bond acceptors (Lipinski definition) is 4. The van der Waals surface area contributed by atoms with Crippen molar-refractivity contribution in [2.45, 2.75) is 18.2 Å². The summed E-state index contributed by atoms with van der Waals surface area (Å²) in [6, 6.07) is 7.53. The maximum absolute atomic E-state index is 14.6. The van der Waals surface area contributed by atoms with Gasteiger partial charge in [-0.1, -0.05) is 12.1 Å². The number of aromatic nitrogens is 2. The Morgan fingerprint density at radius 1 is 1.14 bits per heavy atom. The van der Waals surface area contributed by atoms with Crippen LogP contribution in [0.2, 0.25) is 0 Å². The molecule has 5 nitrogen and oxygen atoms in total. The van der Waals surface area contributed by atoms with E-state index in [0.717, 1.165) is 6.26 Å². The molecule has 10 heteroatoms. The van der Waals surface area contributed by atoms with Crippen LogP contribution in [-0.4, -0.2) is 24.6 Å². The number of nitrogens with one attached hydrogen (secondary N) is 1. The molecule has 0 spiro atoms. The van der Waals surface area contributed by atoms with Crippen molar-refractivity contribution >= 4 is 9.84 Å². The lowest BCUT2D eigenvalue weighted by molar-refractivity contribution is 0.141. The number of nitrogens with zero attached hydrogens (tertiary/aromatic N) is 2. The molecule has 0 unspecified atom stereocenters. The summed E-state index contributed by atoms with van der Waals surface area (Å²) in [5, 5.41) is 9.19. The molecule has 1 heterocycles. The SMILES string of the molecule is Cc1ccc(-c2[nH]c(C(F)F)nc2-c2cc(F)c(S(C)(=O)=O)cc2F)cc1C#N. The molecule has 1 N–H and O–H groups in total. The summed E-state index contributed by atoms with van der Waals surface area (Å²) in [7, 11) is -4.04. The van der Waals surface area contributed by atoms with E-state index in [9.17, 15) is 31.2 Å². The number of aromatic amines is 1. The van der Waals surface area contributed by atoms with Gasteiger partial charge in [-0.15, -0.1) is 0 Å². The molecule has 150 valence electrons. The van der Waals surface area contributed by atoms with Crippen LogP contribution >= 0.6 is 0 Å². The monoisotopic (exact) mass is 423 g/mol. The molecule has 0 amide bonds. The number of sulfone groups is 1. The first-order valence-corrected chi connectivity index (χ1v) is 10.0. The molecule has 1 aromatic heterocycles. The molecule has 0 saturated heterocycles. The normalized spacial score (nSPS) is 11.7. The molecule has 0 aliphatic heterocycles. The number of halogens is 4. The van der Waals surface area contributed by atoms with Gasteiger partial charge in [0, 0.05) is 17.4 Å². The molecule has 29 heavy (non-hydrogen) atoms. The first kappa shape index (κ1) is 20.5. The number of alkyl halides is 2. The molecular formula is C19H13F4N3O2S. The Bertz CT molecular complexity index is 1260. The largest absolute Gasteiger partial charge is 0.337 e. The fourth-order valence-electron chi connectivity index (χ4n) is 2.79. The third-order valence-electron chi connectivity index (χ3n) is 4.25. The van der Waals surface area contributed by atoms with Crippen molar-refractivity contribution in [1.82, 2.24) is 9.97 Å². The second-order valence-corrected chi connectivity index (χ2v) is 8.31. The summed E-state index contributed by atoms with van der Waals surface area (Å²) in [6.45, 7) is 1.68. The molecule has 2 aromatic carbocycles. The van der Waals surface area contributed by atoms with Crippen LogP contribution in [0.1, 0.15) is 23.4 Å². The van der Waals surface area contributed by atoms with Gasteiger partial charge >= 0.3 is 0 Å². The average Bonchev–Trinajstić information content (AvgIpc) is 3.08. The lowest BCUT2D eigenvalue weighted by atomic mass is 10.0. The van der Waals surface area contributed by atoms with E-state index in [0.29, 0.717) is 17.7 Å². The third-order valence-corrected chi connectivity index (χ3v) is 5.36. The van der Waals surface area contributed by atoms with Crippen LogP contribution in [-0.2, 0) is 9.84 Å². The van der Waals surface area contributed by atoms with E-state index in [4.69, 9.17) is 0 Å². The predicted molar refractivity (Wildman–Crippen MR) is 96.9 cm³/mol. The molecule has 3 rings (SSSR count). The number of benzene rings is 2. The highest BCUT2D eigenvalue weighted by Gasteiger charge is 2.25. The van der Waals surface area contributed by atoms with E-state index < -0.39 is 44.2 Å². The number of rotatable bonds is 4. The van der Waals surface area contributed by atoms with Crippen molar-refractivity contribution in [2.75, 3.05) is 6.26 Å². The number of H-pyrrole nitrogens is 1. The van der Waals surface area contributed by atoms with Crippen LogP contribution in [0.5, 0.6) is 0 Å². The Labute approximate surface area is 163 Å². The average molecular weight is 423 g/mol. The van der Waals surface area contributed by atoms with Gasteiger partial charge in [-0.3, -0.25) is 0 Å². The lowest BCUT2D eigenvalue weighted by Crippen LogP contribution is -2.03. The topological polar surface area (TPSA) is 86.6 Å². The van der Waals surface area contributed by atoms with Gasteiger partial charge in [0.1, 0.15) is 16.5 Å². The summed E-state index contributed by atoms with van der Waals surface area (Å²) in [6.07, 6.45) is -2.30. The van der Waals surface area contributed by atoms with Crippen LogP contribution < -0.4 is 0 Å². The van der Waals surface area contributed by atoms with E-state index in [1.165, 1.54) is 12.1 Å². The summed E-state index contributed by atoms with van der Waals surface area (Å²) in [5.74, 6) is -3.16. The van der Waals surface area contributed by atoms with E-state index in [1.807, 2.05) is 6.07 Å². The van der Waals surface area contributed by atoms with Crippen LogP contribution in [0.4, 0.5) is 17.6 Å². The molecule has 0 bridgehead atoms. The maximum Gasteiger partial charge on any atom is 0.295 e. The number of nitriles is 1. The number of aryl methyl sites for hydroxylation is 1.